The molecule has 1 unspecified atom stereocenters. The van der Waals surface area contributed by atoms with E-state index in [1.54, 1.807) is 0 Å². The Labute approximate surface area is 132 Å². The third-order valence-corrected chi connectivity index (χ3v) is 5.47. The number of hydrogen-bond acceptors (Lipinski definition) is 3. The van der Waals surface area contributed by atoms with Crippen LogP contribution in [-0.2, 0) is 27.7 Å². The number of anilines is 1. The van der Waals surface area contributed by atoms with E-state index in [-0.39, 0.29) is 5.91 Å². The second-order valence-corrected chi connectivity index (χ2v) is 7.61. The van der Waals surface area contributed by atoms with Crippen molar-refractivity contribution in [1.29, 1.82) is 0 Å². The molecule has 6 heteroatoms. The molecule has 1 aromatic rings. The minimum atomic E-state index is -3.35. The molecule has 1 N–H and O–H groups in total. The summed E-state index contributed by atoms with van der Waals surface area (Å²) >= 11 is 0. The van der Waals surface area contributed by atoms with Gasteiger partial charge in [-0.15, -0.1) is 0 Å². The zero-order valence-corrected chi connectivity index (χ0v) is 14.2. The lowest BCUT2D eigenvalue weighted by Crippen LogP contribution is -2.42. The van der Waals surface area contributed by atoms with Crippen molar-refractivity contribution in [2.45, 2.75) is 45.6 Å². The van der Waals surface area contributed by atoms with Gasteiger partial charge in [0.2, 0.25) is 15.9 Å². The molecular formula is C16H24N2O3S. The van der Waals surface area contributed by atoms with E-state index in [0.717, 1.165) is 42.3 Å². The maximum atomic E-state index is 12.6. The molecule has 1 atom stereocenters. The normalized spacial score (nSPS) is 19.3. The van der Waals surface area contributed by atoms with Crippen LogP contribution in [0.25, 0.3) is 0 Å². The summed E-state index contributed by atoms with van der Waals surface area (Å²) in [6, 6.07) is 5.39. The molecule has 0 aromatic heterocycles. The maximum absolute atomic E-state index is 12.6. The van der Waals surface area contributed by atoms with Crippen LogP contribution < -0.4 is 5.32 Å². The Kier molecular flexibility index (Phi) is 5.24. The van der Waals surface area contributed by atoms with Crippen LogP contribution in [0.15, 0.2) is 18.2 Å². The zero-order valence-electron chi connectivity index (χ0n) is 13.4. The third kappa shape index (κ3) is 3.50. The lowest BCUT2D eigenvalue weighted by Gasteiger charge is -2.23. The van der Waals surface area contributed by atoms with E-state index in [4.69, 9.17) is 0 Å². The number of amides is 1. The van der Waals surface area contributed by atoms with Crippen LogP contribution in [0.5, 0.6) is 0 Å². The van der Waals surface area contributed by atoms with Crippen LogP contribution in [0.4, 0.5) is 5.69 Å². The predicted octanol–water partition coefficient (Wildman–Crippen LogP) is 2.17. The first kappa shape index (κ1) is 17.0. The fourth-order valence-electron chi connectivity index (χ4n) is 3.01. The van der Waals surface area contributed by atoms with Gasteiger partial charge < -0.3 is 5.32 Å². The fraction of sp³-hybridized carbons (Fsp3) is 0.562. The van der Waals surface area contributed by atoms with Crippen molar-refractivity contribution in [1.82, 2.24) is 4.31 Å². The van der Waals surface area contributed by atoms with Crippen LogP contribution in [-0.4, -0.2) is 37.5 Å². The summed E-state index contributed by atoms with van der Waals surface area (Å²) in [5.74, 6) is -0.224. The number of sulfonamides is 1. The molecule has 1 heterocycles. The van der Waals surface area contributed by atoms with Gasteiger partial charge in [0.05, 0.1) is 6.26 Å². The van der Waals surface area contributed by atoms with Gasteiger partial charge in [-0.25, -0.2) is 8.42 Å². The Morgan fingerprint density at radius 2 is 1.86 bits per heavy atom. The zero-order chi connectivity index (χ0) is 16.3. The topological polar surface area (TPSA) is 66.5 Å². The van der Waals surface area contributed by atoms with E-state index in [2.05, 4.69) is 5.32 Å². The number of nitrogens with zero attached hydrogens (tertiary/aromatic N) is 1. The standard InChI is InChI=1S/C16H24N2O3S/c1-4-12-8-6-9-13(5-2)15(12)17-16(19)14-10-7-11-18(14)22(3,20)21/h6,8-9,14H,4-5,7,10-11H2,1-3H3,(H,17,19). The van der Waals surface area contributed by atoms with Crippen molar-refractivity contribution >= 4 is 21.6 Å². The first-order valence-corrected chi connectivity index (χ1v) is 9.61. The molecule has 2 rings (SSSR count). The van der Waals surface area contributed by atoms with E-state index in [1.165, 1.54) is 4.31 Å². The number of aryl methyl sites for hydroxylation is 2. The Morgan fingerprint density at radius 1 is 1.27 bits per heavy atom. The van der Waals surface area contributed by atoms with E-state index < -0.39 is 16.1 Å². The van der Waals surface area contributed by atoms with Crippen LogP contribution in [0.1, 0.15) is 37.8 Å². The van der Waals surface area contributed by atoms with Crippen molar-refractivity contribution in [2.75, 3.05) is 18.1 Å². The number of para-hydroxylation sites is 1. The van der Waals surface area contributed by atoms with Crippen molar-refractivity contribution in [3.8, 4) is 0 Å². The summed E-state index contributed by atoms with van der Waals surface area (Å²) in [6.07, 6.45) is 4.11. The smallest absolute Gasteiger partial charge is 0.242 e. The summed E-state index contributed by atoms with van der Waals surface area (Å²) in [5.41, 5.74) is 3.01. The highest BCUT2D eigenvalue weighted by Crippen LogP contribution is 2.26. The highest BCUT2D eigenvalue weighted by atomic mass is 32.2. The molecule has 0 saturated carbocycles. The highest BCUT2D eigenvalue weighted by Gasteiger charge is 2.36. The van der Waals surface area contributed by atoms with Gasteiger partial charge in [-0.2, -0.15) is 4.31 Å². The summed E-state index contributed by atoms with van der Waals surface area (Å²) < 4.78 is 24.9. The van der Waals surface area contributed by atoms with Crippen LogP contribution in [0.3, 0.4) is 0 Å². The fourth-order valence-corrected chi connectivity index (χ4v) is 4.13. The molecule has 1 aliphatic rings. The van der Waals surface area contributed by atoms with Crippen LogP contribution in [0, 0.1) is 0 Å². The minimum absolute atomic E-state index is 0.224. The quantitative estimate of drug-likeness (QED) is 0.903. The van der Waals surface area contributed by atoms with E-state index in [9.17, 15) is 13.2 Å². The largest absolute Gasteiger partial charge is 0.324 e. The average molecular weight is 324 g/mol. The van der Waals surface area contributed by atoms with Crippen molar-refractivity contribution in [2.24, 2.45) is 0 Å². The Hall–Kier alpha value is -1.40. The molecule has 1 aliphatic heterocycles. The number of carbonyl (C=O) groups excluding carboxylic acids is 1. The lowest BCUT2D eigenvalue weighted by atomic mass is 10.0. The Balaban J connectivity index is 2.26. The molecule has 0 bridgehead atoms. The van der Waals surface area contributed by atoms with Gasteiger partial charge in [0.25, 0.3) is 0 Å². The van der Waals surface area contributed by atoms with Gasteiger partial charge in [0.1, 0.15) is 6.04 Å². The SMILES string of the molecule is CCc1cccc(CC)c1NC(=O)C1CCCN1S(C)(=O)=O. The average Bonchev–Trinajstić information content (AvgIpc) is 2.97. The van der Waals surface area contributed by atoms with Gasteiger partial charge in [-0.1, -0.05) is 32.0 Å². The molecule has 0 spiro atoms. The summed E-state index contributed by atoms with van der Waals surface area (Å²) in [7, 11) is -3.35. The van der Waals surface area contributed by atoms with Crippen LogP contribution >= 0.6 is 0 Å². The predicted molar refractivity (Wildman–Crippen MR) is 88.4 cm³/mol. The highest BCUT2D eigenvalue weighted by molar-refractivity contribution is 7.88. The Bertz CT molecular complexity index is 633. The Morgan fingerprint density at radius 3 is 2.36 bits per heavy atom. The second-order valence-electron chi connectivity index (χ2n) is 5.68. The van der Waals surface area contributed by atoms with E-state index in [1.807, 2.05) is 32.0 Å². The summed E-state index contributed by atoms with van der Waals surface area (Å²) in [6.45, 7) is 4.51. The molecule has 0 aliphatic carbocycles. The van der Waals surface area contributed by atoms with E-state index in [0.29, 0.717) is 13.0 Å². The number of rotatable bonds is 5. The number of carbonyl (C=O) groups is 1. The number of benzene rings is 1. The van der Waals surface area contributed by atoms with Gasteiger partial charge in [-0.3, -0.25) is 4.79 Å². The molecule has 1 amide bonds. The van der Waals surface area contributed by atoms with E-state index >= 15 is 0 Å². The molecule has 1 aromatic carbocycles. The summed E-state index contributed by atoms with van der Waals surface area (Å²) in [5, 5.41) is 2.98. The van der Waals surface area contributed by atoms with Crippen molar-refractivity contribution in [3.63, 3.8) is 0 Å². The molecule has 22 heavy (non-hydrogen) atoms. The number of hydrogen-bond donors (Lipinski definition) is 1. The van der Waals surface area contributed by atoms with Gasteiger partial charge in [0.15, 0.2) is 0 Å². The van der Waals surface area contributed by atoms with Crippen molar-refractivity contribution < 1.29 is 13.2 Å². The van der Waals surface area contributed by atoms with Gasteiger partial charge in [0, 0.05) is 12.2 Å². The van der Waals surface area contributed by atoms with Gasteiger partial charge >= 0.3 is 0 Å². The molecular weight excluding hydrogens is 300 g/mol. The monoisotopic (exact) mass is 324 g/mol. The second kappa shape index (κ2) is 6.79. The molecule has 1 saturated heterocycles. The third-order valence-electron chi connectivity index (χ3n) is 4.18. The minimum Gasteiger partial charge on any atom is -0.324 e. The first-order chi connectivity index (χ1) is 10.4. The molecule has 1 fully saturated rings. The summed E-state index contributed by atoms with van der Waals surface area (Å²) in [4.78, 5) is 12.6. The number of nitrogens with one attached hydrogen (secondary N) is 1. The van der Waals surface area contributed by atoms with Gasteiger partial charge in [-0.05, 0) is 36.8 Å². The van der Waals surface area contributed by atoms with Crippen LogP contribution in [0.2, 0.25) is 0 Å². The van der Waals surface area contributed by atoms with Crippen molar-refractivity contribution in [3.05, 3.63) is 29.3 Å². The molecule has 0 radical (unpaired) electrons. The molecule has 122 valence electrons. The molecule has 5 nitrogen and oxygen atoms in total. The first-order valence-electron chi connectivity index (χ1n) is 7.76. The maximum Gasteiger partial charge on any atom is 0.242 e. The lowest BCUT2D eigenvalue weighted by molar-refractivity contribution is -0.119.